The second kappa shape index (κ2) is 5.81. The maximum absolute atomic E-state index is 6.05. The van der Waals surface area contributed by atoms with Gasteiger partial charge in [0.15, 0.2) is 0 Å². The van der Waals surface area contributed by atoms with Gasteiger partial charge in [-0.15, -0.1) is 11.3 Å². The van der Waals surface area contributed by atoms with E-state index < -0.39 is 0 Å². The molecule has 20 heavy (non-hydrogen) atoms. The lowest BCUT2D eigenvalue weighted by Gasteiger charge is -2.36. The van der Waals surface area contributed by atoms with E-state index in [9.17, 15) is 0 Å². The quantitative estimate of drug-likeness (QED) is 0.881. The van der Waals surface area contributed by atoms with Gasteiger partial charge in [-0.2, -0.15) is 0 Å². The van der Waals surface area contributed by atoms with Crippen molar-refractivity contribution in [3.63, 3.8) is 0 Å². The molecule has 0 saturated carbocycles. The second-order valence-electron chi connectivity index (χ2n) is 5.18. The van der Waals surface area contributed by atoms with Crippen LogP contribution in [-0.2, 0) is 6.54 Å². The van der Waals surface area contributed by atoms with Crippen molar-refractivity contribution in [2.24, 2.45) is 0 Å². The van der Waals surface area contributed by atoms with E-state index in [-0.39, 0.29) is 0 Å². The maximum Gasteiger partial charge on any atom is 0.0897 e. The summed E-state index contributed by atoms with van der Waals surface area (Å²) in [5.41, 5.74) is 9.28. The molecular formula is C15H20N4S. The zero-order valence-corrected chi connectivity index (χ0v) is 12.6. The summed E-state index contributed by atoms with van der Waals surface area (Å²) in [5, 5.41) is 3.31. The van der Waals surface area contributed by atoms with Crippen LogP contribution in [0.25, 0.3) is 0 Å². The molecule has 0 bridgehead atoms. The van der Waals surface area contributed by atoms with Crippen LogP contribution < -0.4 is 10.6 Å². The highest BCUT2D eigenvalue weighted by atomic mass is 32.1. The number of nitrogen functional groups attached to an aromatic ring is 1. The lowest BCUT2D eigenvalue weighted by Crippen LogP contribution is -2.46. The Bertz CT molecular complexity index is 573. The van der Waals surface area contributed by atoms with Crippen molar-refractivity contribution in [3.05, 3.63) is 40.3 Å². The van der Waals surface area contributed by atoms with Crippen LogP contribution >= 0.6 is 11.3 Å². The predicted molar refractivity (Wildman–Crippen MR) is 85.2 cm³/mol. The Morgan fingerprint density at radius 1 is 1.20 bits per heavy atom. The predicted octanol–water partition coefficient (Wildman–Crippen LogP) is 2.36. The van der Waals surface area contributed by atoms with Gasteiger partial charge < -0.3 is 10.6 Å². The number of thiazole rings is 1. The monoisotopic (exact) mass is 288 g/mol. The van der Waals surface area contributed by atoms with E-state index in [1.54, 1.807) is 11.3 Å². The minimum Gasteiger partial charge on any atom is -0.397 e. The number of anilines is 2. The molecule has 2 N–H and O–H groups in total. The molecule has 0 amide bonds. The number of aromatic nitrogens is 1. The molecule has 0 spiro atoms. The molecule has 1 aliphatic heterocycles. The van der Waals surface area contributed by atoms with Crippen molar-refractivity contribution in [1.29, 1.82) is 0 Å². The molecule has 0 unspecified atom stereocenters. The molecule has 1 aromatic carbocycles. The molecule has 0 aliphatic carbocycles. The smallest absolute Gasteiger partial charge is 0.0897 e. The number of hydrogen-bond donors (Lipinski definition) is 1. The molecule has 2 heterocycles. The average Bonchev–Trinajstić information content (AvgIpc) is 2.86. The number of aryl methyl sites for hydroxylation is 1. The van der Waals surface area contributed by atoms with Crippen LogP contribution in [0.15, 0.2) is 29.6 Å². The normalized spacial score (nSPS) is 16.6. The van der Waals surface area contributed by atoms with E-state index in [4.69, 9.17) is 5.73 Å². The topological polar surface area (TPSA) is 45.4 Å². The summed E-state index contributed by atoms with van der Waals surface area (Å²) in [7, 11) is 0. The summed E-state index contributed by atoms with van der Waals surface area (Å²) in [6.07, 6.45) is 0. The van der Waals surface area contributed by atoms with E-state index in [0.717, 1.165) is 49.1 Å². The first-order valence-corrected chi connectivity index (χ1v) is 7.83. The first kappa shape index (κ1) is 13.4. The highest BCUT2D eigenvalue weighted by Gasteiger charge is 2.19. The number of nitrogens with two attached hydrogens (primary N) is 1. The first-order chi connectivity index (χ1) is 9.72. The summed E-state index contributed by atoms with van der Waals surface area (Å²) >= 11 is 1.73. The lowest BCUT2D eigenvalue weighted by molar-refractivity contribution is 0.247. The van der Waals surface area contributed by atoms with E-state index in [2.05, 4.69) is 39.2 Å². The zero-order chi connectivity index (χ0) is 13.9. The lowest BCUT2D eigenvalue weighted by atomic mass is 10.2. The molecule has 0 radical (unpaired) electrons. The van der Waals surface area contributed by atoms with Crippen LogP contribution in [0.4, 0.5) is 11.4 Å². The molecule has 2 aromatic rings. The summed E-state index contributed by atoms with van der Waals surface area (Å²) < 4.78 is 0. The van der Waals surface area contributed by atoms with Crippen molar-refractivity contribution in [2.45, 2.75) is 13.5 Å². The van der Waals surface area contributed by atoms with Gasteiger partial charge in [0.1, 0.15) is 0 Å². The fourth-order valence-electron chi connectivity index (χ4n) is 2.63. The minimum atomic E-state index is 0.871. The van der Waals surface area contributed by atoms with Crippen LogP contribution in [0, 0.1) is 6.92 Å². The van der Waals surface area contributed by atoms with Gasteiger partial charge in [0.05, 0.1) is 22.1 Å². The van der Waals surface area contributed by atoms with Crippen LogP contribution in [0.1, 0.15) is 10.7 Å². The third-order valence-corrected chi connectivity index (χ3v) is 4.52. The minimum absolute atomic E-state index is 0.871. The van der Waals surface area contributed by atoms with Gasteiger partial charge in [-0.05, 0) is 19.1 Å². The number of rotatable bonds is 3. The van der Waals surface area contributed by atoms with Gasteiger partial charge in [0.25, 0.3) is 0 Å². The highest BCUT2D eigenvalue weighted by molar-refractivity contribution is 7.09. The molecule has 5 heteroatoms. The summed E-state index contributed by atoms with van der Waals surface area (Å²) in [6, 6.07) is 8.12. The van der Waals surface area contributed by atoms with Crippen LogP contribution in [0.5, 0.6) is 0 Å². The van der Waals surface area contributed by atoms with Gasteiger partial charge >= 0.3 is 0 Å². The molecule has 106 valence electrons. The molecule has 1 saturated heterocycles. The second-order valence-corrected chi connectivity index (χ2v) is 6.24. The van der Waals surface area contributed by atoms with E-state index >= 15 is 0 Å². The Balaban J connectivity index is 1.58. The average molecular weight is 288 g/mol. The molecular weight excluding hydrogens is 268 g/mol. The fraction of sp³-hybridized carbons (Fsp3) is 0.400. The number of para-hydroxylation sites is 2. The highest BCUT2D eigenvalue weighted by Crippen LogP contribution is 2.24. The van der Waals surface area contributed by atoms with Crippen molar-refractivity contribution < 1.29 is 0 Å². The maximum atomic E-state index is 6.05. The molecule has 1 aliphatic rings. The third-order valence-electron chi connectivity index (χ3n) is 3.70. The SMILES string of the molecule is Cc1nc(CN2CCN(c3ccccc3N)CC2)cs1. The van der Waals surface area contributed by atoms with Crippen molar-refractivity contribution in [3.8, 4) is 0 Å². The van der Waals surface area contributed by atoms with Crippen molar-refractivity contribution in [2.75, 3.05) is 36.8 Å². The molecule has 0 atom stereocenters. The molecule has 3 rings (SSSR count). The van der Waals surface area contributed by atoms with Crippen molar-refractivity contribution in [1.82, 2.24) is 9.88 Å². The number of piperazine rings is 1. The summed E-state index contributed by atoms with van der Waals surface area (Å²) in [6.45, 7) is 7.19. The van der Waals surface area contributed by atoms with Crippen LogP contribution in [0.3, 0.4) is 0 Å². The molecule has 1 fully saturated rings. The van der Waals surface area contributed by atoms with Gasteiger partial charge in [-0.1, -0.05) is 12.1 Å². The largest absolute Gasteiger partial charge is 0.397 e. The van der Waals surface area contributed by atoms with E-state index in [1.807, 2.05) is 12.1 Å². The molecule has 4 nitrogen and oxygen atoms in total. The van der Waals surface area contributed by atoms with Crippen molar-refractivity contribution >= 4 is 22.7 Å². The van der Waals surface area contributed by atoms with E-state index in [0.29, 0.717) is 0 Å². The van der Waals surface area contributed by atoms with Crippen LogP contribution in [0.2, 0.25) is 0 Å². The van der Waals surface area contributed by atoms with Gasteiger partial charge in [0, 0.05) is 38.1 Å². The molecule has 1 aromatic heterocycles. The Kier molecular flexibility index (Phi) is 3.89. The van der Waals surface area contributed by atoms with E-state index in [1.165, 1.54) is 5.69 Å². The zero-order valence-electron chi connectivity index (χ0n) is 11.7. The summed E-state index contributed by atoms with van der Waals surface area (Å²) in [4.78, 5) is 9.37. The standard InChI is InChI=1S/C15H20N4S/c1-12-17-13(11-20-12)10-18-6-8-19(9-7-18)15-5-3-2-4-14(15)16/h2-5,11H,6-10,16H2,1H3. The Hall–Kier alpha value is -1.59. The van der Waals surface area contributed by atoms with Crippen LogP contribution in [-0.4, -0.2) is 36.1 Å². The Morgan fingerprint density at radius 3 is 2.60 bits per heavy atom. The number of nitrogens with zero attached hydrogens (tertiary/aromatic N) is 3. The Labute approximate surface area is 123 Å². The van der Waals surface area contributed by atoms with Gasteiger partial charge in [0.2, 0.25) is 0 Å². The number of benzene rings is 1. The third kappa shape index (κ3) is 2.94. The fourth-order valence-corrected chi connectivity index (χ4v) is 3.24. The summed E-state index contributed by atoms with van der Waals surface area (Å²) in [5.74, 6) is 0. The van der Waals surface area contributed by atoms with Gasteiger partial charge in [-0.25, -0.2) is 4.98 Å². The van der Waals surface area contributed by atoms with Gasteiger partial charge in [-0.3, -0.25) is 4.90 Å². The number of hydrogen-bond acceptors (Lipinski definition) is 5. The Morgan fingerprint density at radius 2 is 1.95 bits per heavy atom. The first-order valence-electron chi connectivity index (χ1n) is 6.95.